The quantitative estimate of drug-likeness (QED) is 0.140. The van der Waals surface area contributed by atoms with Crippen molar-refractivity contribution in [1.82, 2.24) is 19.6 Å². The number of carbonyl (C=O) groups is 1. The van der Waals surface area contributed by atoms with E-state index in [4.69, 9.17) is 6.42 Å². The largest absolute Gasteiger partial charge is 0.382 e. The van der Waals surface area contributed by atoms with E-state index in [2.05, 4.69) is 26.6 Å². The minimum Gasteiger partial charge on any atom is -0.382 e. The first-order valence-corrected chi connectivity index (χ1v) is 18.0. The third kappa shape index (κ3) is 8.40. The van der Waals surface area contributed by atoms with E-state index in [-0.39, 0.29) is 23.6 Å². The normalized spacial score (nSPS) is 16.0. The summed E-state index contributed by atoms with van der Waals surface area (Å²) < 4.78 is 46.1. The minimum atomic E-state index is -4.40. The lowest BCUT2D eigenvalue weighted by Gasteiger charge is -2.37. The molecule has 2 aliphatic heterocycles. The van der Waals surface area contributed by atoms with Gasteiger partial charge in [0.2, 0.25) is 5.96 Å². The van der Waals surface area contributed by atoms with Gasteiger partial charge in [-0.2, -0.15) is 13.7 Å². The Morgan fingerprint density at radius 1 is 1.02 bits per heavy atom. The van der Waals surface area contributed by atoms with Gasteiger partial charge in [-0.15, -0.1) is 10.8 Å². The summed E-state index contributed by atoms with van der Waals surface area (Å²) in [5.41, 5.74) is 4.93. The van der Waals surface area contributed by atoms with Crippen LogP contribution >= 0.6 is 0 Å². The third-order valence-electron chi connectivity index (χ3n) is 9.02. The molecule has 0 atom stereocenters. The Kier molecular flexibility index (Phi) is 12.2. The number of amides is 1. The minimum absolute atomic E-state index is 0.113. The summed E-state index contributed by atoms with van der Waals surface area (Å²) in [4.78, 5) is 22.2. The molecule has 0 unspecified atom stereocenters. The number of piperidine rings is 1. The molecule has 11 nitrogen and oxygen atoms in total. The molecule has 0 aromatic heterocycles. The Hall–Kier alpha value is -5.01. The smallest absolute Gasteiger partial charge is 0.290 e. The number of aryl methyl sites for hydroxylation is 2. The zero-order valence-corrected chi connectivity index (χ0v) is 30.8. The van der Waals surface area contributed by atoms with Crippen molar-refractivity contribution in [3.8, 4) is 18.4 Å². The summed E-state index contributed by atoms with van der Waals surface area (Å²) in [5, 5.41) is 13.2. The van der Waals surface area contributed by atoms with Crippen LogP contribution in [0.25, 0.3) is 0 Å². The molecule has 0 saturated carbocycles. The van der Waals surface area contributed by atoms with E-state index >= 15 is 4.39 Å². The van der Waals surface area contributed by atoms with E-state index < -0.39 is 20.7 Å². The van der Waals surface area contributed by atoms with Gasteiger partial charge in [0.05, 0.1) is 17.0 Å². The molecule has 0 spiro atoms. The second-order valence-electron chi connectivity index (χ2n) is 12.9. The van der Waals surface area contributed by atoms with Crippen molar-refractivity contribution in [1.29, 1.82) is 5.26 Å². The SMILES string of the molecule is C#C/C=C(\C(C#N)=C/C)N1CCC(Nc2cc(C(=O)N3CCN(c4cccc(F)c4S(=O)(=O)N=C(N(C)C)N(C)C)CC3)c(C)cc2C)CC1. The molecule has 266 valence electrons. The zero-order chi connectivity index (χ0) is 36.7. The Morgan fingerprint density at radius 2 is 1.66 bits per heavy atom. The van der Waals surface area contributed by atoms with E-state index in [9.17, 15) is 18.5 Å². The fourth-order valence-corrected chi connectivity index (χ4v) is 7.86. The maximum Gasteiger partial charge on any atom is 0.290 e. The van der Waals surface area contributed by atoms with E-state index in [0.717, 1.165) is 54.5 Å². The number of likely N-dealkylation sites (tertiary alicyclic amines) is 1. The maximum atomic E-state index is 15.2. The fraction of sp³-hybridized carbons (Fsp3) is 0.432. The van der Waals surface area contributed by atoms with Gasteiger partial charge in [0, 0.05) is 90.8 Å². The second-order valence-corrected chi connectivity index (χ2v) is 14.5. The number of piperazine rings is 1. The number of carbonyl (C=O) groups excluding carboxylic acids is 1. The molecule has 1 N–H and O–H groups in total. The molecule has 2 fully saturated rings. The van der Waals surface area contributed by atoms with Crippen LogP contribution < -0.4 is 10.2 Å². The third-order valence-corrected chi connectivity index (χ3v) is 10.3. The topological polar surface area (TPSA) is 116 Å². The first-order valence-electron chi connectivity index (χ1n) is 16.6. The number of nitrogens with one attached hydrogen (secondary N) is 1. The first kappa shape index (κ1) is 37.8. The number of hydrogen-bond donors (Lipinski definition) is 1. The van der Waals surface area contributed by atoms with Crippen LogP contribution in [0, 0.1) is 43.3 Å². The highest BCUT2D eigenvalue weighted by molar-refractivity contribution is 7.90. The summed E-state index contributed by atoms with van der Waals surface area (Å²) in [6.07, 6.45) is 10.6. The van der Waals surface area contributed by atoms with Crippen molar-refractivity contribution < 1.29 is 17.6 Å². The van der Waals surface area contributed by atoms with Gasteiger partial charge in [-0.3, -0.25) is 4.79 Å². The summed E-state index contributed by atoms with van der Waals surface area (Å²) in [6.45, 7) is 8.54. The van der Waals surface area contributed by atoms with Gasteiger partial charge >= 0.3 is 0 Å². The lowest BCUT2D eigenvalue weighted by atomic mass is 9.99. The number of halogens is 1. The predicted molar refractivity (Wildman–Crippen MR) is 197 cm³/mol. The van der Waals surface area contributed by atoms with Crippen LogP contribution in [0.1, 0.15) is 41.3 Å². The summed E-state index contributed by atoms with van der Waals surface area (Å²) in [6, 6.07) is 10.5. The van der Waals surface area contributed by atoms with Crippen LogP contribution in [0.15, 0.2) is 63.0 Å². The standard InChI is InChI=1S/C37H47FN8O3S/c1-9-12-33(28(10-2)25-39)44-17-15-29(16-18-44)40-32-24-30(26(3)23-27(32)4)36(47)46-21-19-45(20-22-46)34-14-11-13-31(38)35(34)50(48,49)41-37(42(5)6)43(7)8/h1,10-14,23-24,29,40H,15-22H2,2-8H3/b28-10-,33-12+. The number of hydrogen-bond acceptors (Lipinski definition) is 7. The van der Waals surface area contributed by atoms with Gasteiger partial charge in [0.1, 0.15) is 16.8 Å². The highest BCUT2D eigenvalue weighted by atomic mass is 32.2. The molecule has 0 aliphatic carbocycles. The number of allylic oxidation sites excluding steroid dienone is 3. The van der Waals surface area contributed by atoms with Crippen molar-refractivity contribution in [3.63, 3.8) is 0 Å². The second kappa shape index (κ2) is 16.1. The lowest BCUT2D eigenvalue weighted by molar-refractivity contribution is 0.0746. The van der Waals surface area contributed by atoms with E-state index in [1.54, 1.807) is 66.0 Å². The average Bonchev–Trinajstić information content (AvgIpc) is 3.08. The highest BCUT2D eigenvalue weighted by Crippen LogP contribution is 2.32. The van der Waals surface area contributed by atoms with Crippen LogP contribution in [0.2, 0.25) is 0 Å². The predicted octanol–water partition coefficient (Wildman–Crippen LogP) is 4.44. The number of nitriles is 1. The molecule has 2 heterocycles. The Labute approximate surface area is 296 Å². The molecule has 1 amide bonds. The summed E-state index contributed by atoms with van der Waals surface area (Å²) >= 11 is 0. The number of sulfonamides is 1. The average molecular weight is 703 g/mol. The molecule has 50 heavy (non-hydrogen) atoms. The molecular weight excluding hydrogens is 656 g/mol. The van der Waals surface area contributed by atoms with Gasteiger partial charge in [0.25, 0.3) is 15.9 Å². The molecule has 0 radical (unpaired) electrons. The van der Waals surface area contributed by atoms with Crippen molar-refractivity contribution in [3.05, 3.63) is 76.3 Å². The summed E-state index contributed by atoms with van der Waals surface area (Å²) in [7, 11) is 2.26. The van der Waals surface area contributed by atoms with Crippen LogP contribution in [0.5, 0.6) is 0 Å². The van der Waals surface area contributed by atoms with Crippen molar-refractivity contribution in [2.24, 2.45) is 4.40 Å². The fourth-order valence-electron chi connectivity index (χ4n) is 6.45. The van der Waals surface area contributed by atoms with Gasteiger partial charge in [-0.1, -0.05) is 24.1 Å². The van der Waals surface area contributed by atoms with Gasteiger partial charge in [-0.25, -0.2) is 4.39 Å². The Bertz CT molecular complexity index is 1860. The molecule has 2 aromatic carbocycles. The van der Waals surface area contributed by atoms with E-state index in [0.29, 0.717) is 37.3 Å². The molecule has 4 rings (SSSR count). The van der Waals surface area contributed by atoms with E-state index in [1.807, 2.05) is 32.9 Å². The molecule has 2 saturated heterocycles. The van der Waals surface area contributed by atoms with Gasteiger partial charge in [-0.05, 0) is 62.9 Å². The monoisotopic (exact) mass is 702 g/mol. The van der Waals surface area contributed by atoms with Crippen LogP contribution in [0.4, 0.5) is 15.8 Å². The molecular formula is C37H47FN8O3S. The molecule has 2 aromatic rings. The zero-order valence-electron chi connectivity index (χ0n) is 30.0. The number of rotatable bonds is 8. The number of terminal acetylenes is 1. The van der Waals surface area contributed by atoms with Crippen LogP contribution in [-0.4, -0.2) is 113 Å². The lowest BCUT2D eigenvalue weighted by Crippen LogP contribution is -2.49. The highest BCUT2D eigenvalue weighted by Gasteiger charge is 2.31. The molecule has 0 bridgehead atoms. The van der Waals surface area contributed by atoms with Gasteiger partial charge in [0.15, 0.2) is 0 Å². The van der Waals surface area contributed by atoms with Crippen molar-refractivity contribution in [2.45, 2.75) is 44.6 Å². The van der Waals surface area contributed by atoms with Crippen LogP contribution in [0.3, 0.4) is 0 Å². The first-order chi connectivity index (χ1) is 23.7. The maximum absolute atomic E-state index is 15.2. The Balaban J connectivity index is 1.47. The number of guanidine groups is 1. The van der Waals surface area contributed by atoms with Crippen molar-refractivity contribution >= 4 is 33.3 Å². The van der Waals surface area contributed by atoms with E-state index in [1.165, 1.54) is 6.07 Å². The molecule has 13 heteroatoms. The van der Waals surface area contributed by atoms with Crippen molar-refractivity contribution in [2.75, 3.05) is 77.7 Å². The number of benzene rings is 2. The van der Waals surface area contributed by atoms with Crippen LogP contribution in [-0.2, 0) is 10.0 Å². The molecule has 2 aliphatic rings. The Morgan fingerprint density at radius 3 is 2.22 bits per heavy atom. The number of nitrogens with zero attached hydrogens (tertiary/aromatic N) is 7. The number of anilines is 2. The van der Waals surface area contributed by atoms with Gasteiger partial charge < -0.3 is 29.8 Å². The summed E-state index contributed by atoms with van der Waals surface area (Å²) in [5.74, 6) is 1.73.